The van der Waals surface area contributed by atoms with Crippen LogP contribution in [0, 0.1) is 6.92 Å². The first kappa shape index (κ1) is 15.7. The quantitative estimate of drug-likeness (QED) is 0.934. The molecular formula is C17H23N5O. The Morgan fingerprint density at radius 3 is 2.78 bits per heavy atom. The zero-order valence-electron chi connectivity index (χ0n) is 13.7. The lowest BCUT2D eigenvalue weighted by molar-refractivity contribution is 0.310. The Kier molecular flexibility index (Phi) is 4.71. The Balaban J connectivity index is 1.78. The van der Waals surface area contributed by atoms with Gasteiger partial charge in [0.25, 0.3) is 5.56 Å². The number of aromatic amines is 1. The second-order valence-corrected chi connectivity index (χ2v) is 5.92. The highest BCUT2D eigenvalue weighted by atomic mass is 16.1. The van der Waals surface area contributed by atoms with Crippen molar-refractivity contribution in [2.75, 3.05) is 37.6 Å². The predicted octanol–water partition coefficient (Wildman–Crippen LogP) is 1.67. The van der Waals surface area contributed by atoms with Crippen LogP contribution in [-0.2, 0) is 0 Å². The second kappa shape index (κ2) is 6.91. The van der Waals surface area contributed by atoms with Crippen LogP contribution in [0.2, 0.25) is 0 Å². The van der Waals surface area contributed by atoms with Crippen molar-refractivity contribution < 1.29 is 0 Å². The average molecular weight is 313 g/mol. The molecule has 1 aliphatic rings. The fourth-order valence-electron chi connectivity index (χ4n) is 2.95. The number of anilines is 1. The number of likely N-dealkylation sites (N-methyl/N-ethyl adjacent to an activating group) is 1. The van der Waals surface area contributed by atoms with E-state index in [4.69, 9.17) is 0 Å². The van der Waals surface area contributed by atoms with Crippen molar-refractivity contribution in [2.45, 2.75) is 20.3 Å². The summed E-state index contributed by atoms with van der Waals surface area (Å²) >= 11 is 0. The first-order valence-corrected chi connectivity index (χ1v) is 8.17. The minimum atomic E-state index is -0.135. The summed E-state index contributed by atoms with van der Waals surface area (Å²) in [5.41, 5.74) is 1.41. The third kappa shape index (κ3) is 3.76. The number of nitrogens with one attached hydrogen (secondary N) is 1. The van der Waals surface area contributed by atoms with Gasteiger partial charge in [0.1, 0.15) is 11.6 Å². The predicted molar refractivity (Wildman–Crippen MR) is 91.8 cm³/mol. The SMILES string of the molecule is CCN1CCCN(c2ccc(-c3nc(C)cc(=O)[nH]3)cn2)CC1. The van der Waals surface area contributed by atoms with Gasteiger partial charge in [0.2, 0.25) is 0 Å². The maximum Gasteiger partial charge on any atom is 0.251 e. The third-order valence-corrected chi connectivity index (χ3v) is 4.25. The molecular weight excluding hydrogens is 290 g/mol. The van der Waals surface area contributed by atoms with Crippen molar-refractivity contribution in [3.8, 4) is 11.4 Å². The molecule has 0 bridgehead atoms. The van der Waals surface area contributed by atoms with E-state index in [-0.39, 0.29) is 5.56 Å². The van der Waals surface area contributed by atoms with Gasteiger partial charge in [0.05, 0.1) is 0 Å². The van der Waals surface area contributed by atoms with Gasteiger partial charge in [-0.15, -0.1) is 0 Å². The van der Waals surface area contributed by atoms with E-state index in [0.29, 0.717) is 11.5 Å². The maximum atomic E-state index is 11.6. The number of rotatable bonds is 3. The molecule has 0 amide bonds. The van der Waals surface area contributed by atoms with Gasteiger partial charge in [-0.1, -0.05) is 6.92 Å². The third-order valence-electron chi connectivity index (χ3n) is 4.25. The molecule has 6 nitrogen and oxygen atoms in total. The number of hydrogen-bond donors (Lipinski definition) is 1. The molecule has 23 heavy (non-hydrogen) atoms. The van der Waals surface area contributed by atoms with Crippen LogP contribution in [0.25, 0.3) is 11.4 Å². The molecule has 0 radical (unpaired) electrons. The highest BCUT2D eigenvalue weighted by Gasteiger charge is 2.15. The molecule has 2 aromatic heterocycles. The van der Waals surface area contributed by atoms with Gasteiger partial charge >= 0.3 is 0 Å². The Hall–Kier alpha value is -2.21. The molecule has 122 valence electrons. The Bertz CT molecular complexity index is 710. The fourth-order valence-corrected chi connectivity index (χ4v) is 2.95. The van der Waals surface area contributed by atoms with Crippen molar-refractivity contribution in [2.24, 2.45) is 0 Å². The number of aromatic nitrogens is 3. The summed E-state index contributed by atoms with van der Waals surface area (Å²) in [4.78, 5) is 28.1. The molecule has 0 atom stereocenters. The van der Waals surface area contributed by atoms with E-state index in [1.807, 2.05) is 19.1 Å². The van der Waals surface area contributed by atoms with E-state index < -0.39 is 0 Å². The minimum Gasteiger partial charge on any atom is -0.355 e. The standard InChI is InChI=1S/C17H23N5O/c1-3-21-7-4-8-22(10-9-21)15-6-5-14(12-18-15)17-19-13(2)11-16(23)20-17/h5-6,11-12H,3-4,7-10H2,1-2H3,(H,19,20,23). The second-order valence-electron chi connectivity index (χ2n) is 5.92. The monoisotopic (exact) mass is 313 g/mol. The van der Waals surface area contributed by atoms with Gasteiger partial charge in [0, 0.05) is 43.2 Å². The molecule has 0 aliphatic carbocycles. The molecule has 1 aliphatic heterocycles. The molecule has 0 unspecified atom stereocenters. The van der Waals surface area contributed by atoms with E-state index in [9.17, 15) is 4.79 Å². The lowest BCUT2D eigenvalue weighted by Crippen LogP contribution is -2.31. The summed E-state index contributed by atoms with van der Waals surface area (Å²) in [6, 6.07) is 5.48. The lowest BCUT2D eigenvalue weighted by atomic mass is 10.2. The topological polar surface area (TPSA) is 65.1 Å². The molecule has 6 heteroatoms. The molecule has 1 fully saturated rings. The molecule has 0 spiro atoms. The van der Waals surface area contributed by atoms with Crippen LogP contribution in [0.3, 0.4) is 0 Å². The van der Waals surface area contributed by atoms with E-state index in [0.717, 1.165) is 50.5 Å². The summed E-state index contributed by atoms with van der Waals surface area (Å²) in [6.45, 7) is 9.39. The summed E-state index contributed by atoms with van der Waals surface area (Å²) in [7, 11) is 0. The molecule has 0 aromatic carbocycles. The lowest BCUT2D eigenvalue weighted by Gasteiger charge is -2.22. The molecule has 2 aromatic rings. The zero-order chi connectivity index (χ0) is 16.2. The minimum absolute atomic E-state index is 0.135. The van der Waals surface area contributed by atoms with Gasteiger partial charge in [-0.05, 0) is 38.6 Å². The number of H-pyrrole nitrogens is 1. The fraction of sp³-hybridized carbons (Fsp3) is 0.471. The normalized spacial score (nSPS) is 16.3. The van der Waals surface area contributed by atoms with Crippen LogP contribution in [-0.4, -0.2) is 52.6 Å². The van der Waals surface area contributed by atoms with Gasteiger partial charge < -0.3 is 14.8 Å². The van der Waals surface area contributed by atoms with Crippen LogP contribution >= 0.6 is 0 Å². The van der Waals surface area contributed by atoms with Crippen molar-refractivity contribution in [3.05, 3.63) is 40.4 Å². The van der Waals surface area contributed by atoms with Crippen molar-refractivity contribution in [1.82, 2.24) is 19.9 Å². The number of hydrogen-bond acceptors (Lipinski definition) is 5. The Morgan fingerprint density at radius 1 is 1.22 bits per heavy atom. The summed E-state index contributed by atoms with van der Waals surface area (Å²) in [6.07, 6.45) is 2.94. The summed E-state index contributed by atoms with van der Waals surface area (Å²) < 4.78 is 0. The Morgan fingerprint density at radius 2 is 2.09 bits per heavy atom. The first-order valence-electron chi connectivity index (χ1n) is 8.17. The van der Waals surface area contributed by atoms with Crippen LogP contribution < -0.4 is 10.5 Å². The highest BCUT2D eigenvalue weighted by Crippen LogP contribution is 2.18. The number of aryl methyl sites for hydroxylation is 1. The van der Waals surface area contributed by atoms with Crippen LogP contribution in [0.4, 0.5) is 5.82 Å². The van der Waals surface area contributed by atoms with Gasteiger partial charge in [-0.25, -0.2) is 9.97 Å². The average Bonchev–Trinajstić information content (AvgIpc) is 2.79. The van der Waals surface area contributed by atoms with Gasteiger partial charge in [-0.3, -0.25) is 4.79 Å². The Labute approximate surface area is 136 Å². The van der Waals surface area contributed by atoms with Gasteiger partial charge in [-0.2, -0.15) is 0 Å². The van der Waals surface area contributed by atoms with Crippen molar-refractivity contribution >= 4 is 5.82 Å². The molecule has 1 saturated heterocycles. The molecule has 3 heterocycles. The van der Waals surface area contributed by atoms with Crippen LogP contribution in [0.5, 0.6) is 0 Å². The smallest absolute Gasteiger partial charge is 0.251 e. The molecule has 3 rings (SSSR count). The summed E-state index contributed by atoms with van der Waals surface area (Å²) in [5.74, 6) is 1.56. The highest BCUT2D eigenvalue weighted by molar-refractivity contribution is 5.56. The zero-order valence-corrected chi connectivity index (χ0v) is 13.7. The molecule has 0 saturated carbocycles. The van der Waals surface area contributed by atoms with E-state index >= 15 is 0 Å². The van der Waals surface area contributed by atoms with Gasteiger partial charge in [0.15, 0.2) is 0 Å². The van der Waals surface area contributed by atoms with Crippen LogP contribution in [0.15, 0.2) is 29.2 Å². The van der Waals surface area contributed by atoms with Crippen LogP contribution in [0.1, 0.15) is 19.0 Å². The first-order chi connectivity index (χ1) is 11.2. The summed E-state index contributed by atoms with van der Waals surface area (Å²) in [5, 5.41) is 0. The van der Waals surface area contributed by atoms with E-state index in [2.05, 4.69) is 31.7 Å². The van der Waals surface area contributed by atoms with Crippen molar-refractivity contribution in [3.63, 3.8) is 0 Å². The number of pyridine rings is 1. The van der Waals surface area contributed by atoms with Crippen molar-refractivity contribution in [1.29, 1.82) is 0 Å². The number of nitrogens with zero attached hydrogens (tertiary/aromatic N) is 4. The van der Waals surface area contributed by atoms with E-state index in [1.165, 1.54) is 6.07 Å². The maximum absolute atomic E-state index is 11.6. The largest absolute Gasteiger partial charge is 0.355 e. The van der Waals surface area contributed by atoms with E-state index in [1.54, 1.807) is 6.20 Å². The molecule has 1 N–H and O–H groups in total.